The molecule has 0 radical (unpaired) electrons. The maximum absolute atomic E-state index is 13.2. The van der Waals surface area contributed by atoms with Crippen LogP contribution in [0.1, 0.15) is 75.1 Å². The number of likely N-dealkylation sites (tertiary alicyclic amines) is 1. The van der Waals surface area contributed by atoms with E-state index in [1.807, 2.05) is 44.3 Å². The van der Waals surface area contributed by atoms with Gasteiger partial charge in [-0.1, -0.05) is 54.6 Å². The summed E-state index contributed by atoms with van der Waals surface area (Å²) in [5.74, 6) is 0.444. The lowest BCUT2D eigenvalue weighted by molar-refractivity contribution is -0.132. The highest BCUT2D eigenvalue weighted by atomic mass is 16.6. The van der Waals surface area contributed by atoms with E-state index in [9.17, 15) is 14.7 Å². The molecule has 3 atom stereocenters. The van der Waals surface area contributed by atoms with E-state index in [1.165, 1.54) is 5.56 Å². The van der Waals surface area contributed by atoms with Crippen LogP contribution in [0, 0.1) is 0 Å². The fourth-order valence-electron chi connectivity index (χ4n) is 5.35. The lowest BCUT2D eigenvalue weighted by Crippen LogP contribution is -2.51. The number of hydrogen-bond acceptors (Lipinski definition) is 4. The van der Waals surface area contributed by atoms with Crippen LogP contribution in [0.2, 0.25) is 0 Å². The summed E-state index contributed by atoms with van der Waals surface area (Å²) >= 11 is 0. The van der Waals surface area contributed by atoms with Gasteiger partial charge in [-0.3, -0.25) is 4.79 Å². The quantitative estimate of drug-likeness (QED) is 0.654. The number of nitrogens with zero attached hydrogens (tertiary/aromatic N) is 2. The molecule has 1 unspecified atom stereocenters. The number of benzene rings is 2. The van der Waals surface area contributed by atoms with Crippen LogP contribution >= 0.6 is 0 Å². The van der Waals surface area contributed by atoms with Gasteiger partial charge < -0.3 is 19.6 Å². The minimum absolute atomic E-state index is 0.142. The number of carbonyl (C=O) groups excluding carboxylic acids is 2. The lowest BCUT2D eigenvalue weighted by Gasteiger charge is -2.45. The molecule has 182 valence electrons. The molecule has 4 rings (SSSR count). The maximum atomic E-state index is 13.2. The zero-order valence-corrected chi connectivity index (χ0v) is 20.7. The van der Waals surface area contributed by atoms with Crippen LogP contribution in [-0.2, 0) is 15.1 Å². The minimum atomic E-state index is -0.977. The summed E-state index contributed by atoms with van der Waals surface area (Å²) in [4.78, 5) is 28.9. The number of cyclic esters (lactones) is 1. The first-order valence-electron chi connectivity index (χ1n) is 12.2. The fraction of sp³-hybridized carbons (Fsp3) is 0.500. The van der Waals surface area contributed by atoms with E-state index in [0.29, 0.717) is 25.8 Å². The average Bonchev–Trinajstić information content (AvgIpc) is 2.80. The normalized spacial score (nSPS) is 24.7. The van der Waals surface area contributed by atoms with Gasteiger partial charge in [-0.15, -0.1) is 0 Å². The van der Waals surface area contributed by atoms with Crippen LogP contribution in [0.3, 0.4) is 0 Å². The van der Waals surface area contributed by atoms with Crippen molar-refractivity contribution in [3.8, 4) is 0 Å². The van der Waals surface area contributed by atoms with Crippen LogP contribution in [0.5, 0.6) is 0 Å². The Morgan fingerprint density at radius 1 is 1.09 bits per heavy atom. The number of ether oxygens (including phenoxy) is 1. The summed E-state index contributed by atoms with van der Waals surface area (Å²) in [5.41, 5.74) is 1.29. The van der Waals surface area contributed by atoms with E-state index >= 15 is 0 Å². The molecule has 2 saturated heterocycles. The zero-order valence-electron chi connectivity index (χ0n) is 20.7. The fourth-order valence-corrected chi connectivity index (χ4v) is 5.35. The second kappa shape index (κ2) is 9.41. The van der Waals surface area contributed by atoms with Crippen molar-refractivity contribution < 1.29 is 19.4 Å². The van der Waals surface area contributed by atoms with Gasteiger partial charge in [0.25, 0.3) is 0 Å². The molecule has 0 aromatic heterocycles. The van der Waals surface area contributed by atoms with E-state index in [1.54, 1.807) is 23.6 Å². The van der Waals surface area contributed by atoms with E-state index in [0.717, 1.165) is 24.1 Å². The summed E-state index contributed by atoms with van der Waals surface area (Å²) < 4.78 is 6.12. The Morgan fingerprint density at radius 2 is 1.76 bits per heavy atom. The van der Waals surface area contributed by atoms with Crippen LogP contribution in [0.25, 0.3) is 0 Å². The van der Waals surface area contributed by atoms with E-state index < -0.39 is 11.2 Å². The van der Waals surface area contributed by atoms with Crippen molar-refractivity contribution in [1.82, 2.24) is 9.80 Å². The van der Waals surface area contributed by atoms with Crippen molar-refractivity contribution in [2.24, 2.45) is 0 Å². The van der Waals surface area contributed by atoms with Crippen LogP contribution in [0.15, 0.2) is 54.6 Å². The number of amides is 2. The molecule has 6 heteroatoms. The van der Waals surface area contributed by atoms with Crippen LogP contribution in [0.4, 0.5) is 4.79 Å². The molecule has 0 aliphatic carbocycles. The first kappa shape index (κ1) is 24.3. The highest BCUT2D eigenvalue weighted by molar-refractivity contribution is 5.77. The van der Waals surface area contributed by atoms with Crippen molar-refractivity contribution in [2.45, 2.75) is 69.6 Å². The molecule has 2 aliphatic rings. The van der Waals surface area contributed by atoms with Crippen molar-refractivity contribution >= 4 is 12.0 Å². The van der Waals surface area contributed by atoms with Crippen molar-refractivity contribution in [3.63, 3.8) is 0 Å². The second-order valence-corrected chi connectivity index (χ2v) is 10.5. The number of carbonyl (C=O) groups is 2. The molecule has 34 heavy (non-hydrogen) atoms. The highest BCUT2D eigenvalue weighted by Gasteiger charge is 2.46. The van der Waals surface area contributed by atoms with Gasteiger partial charge in [0, 0.05) is 39.4 Å². The van der Waals surface area contributed by atoms with Gasteiger partial charge in [-0.05, 0) is 49.8 Å². The van der Waals surface area contributed by atoms with Crippen LogP contribution < -0.4 is 0 Å². The largest absolute Gasteiger partial charge is 0.438 e. The molecule has 6 nitrogen and oxygen atoms in total. The Hall–Kier alpha value is -2.86. The highest BCUT2D eigenvalue weighted by Crippen LogP contribution is 2.42. The van der Waals surface area contributed by atoms with Crippen molar-refractivity contribution in [2.75, 3.05) is 20.1 Å². The predicted octanol–water partition coefficient (Wildman–Crippen LogP) is 4.98. The number of aliphatic hydroxyl groups is 1. The second-order valence-electron chi connectivity index (χ2n) is 10.5. The van der Waals surface area contributed by atoms with Gasteiger partial charge in [0.05, 0.1) is 11.6 Å². The molecular formula is C28H36N2O4. The number of rotatable bonds is 6. The molecular weight excluding hydrogens is 428 g/mol. The minimum Gasteiger partial charge on any atom is -0.438 e. The van der Waals surface area contributed by atoms with Crippen molar-refractivity contribution in [3.05, 3.63) is 71.3 Å². The molecule has 2 aromatic rings. The third-order valence-electron chi connectivity index (χ3n) is 7.31. The summed E-state index contributed by atoms with van der Waals surface area (Å²) in [5, 5.41) is 10.6. The van der Waals surface area contributed by atoms with Gasteiger partial charge >= 0.3 is 6.09 Å². The Kier molecular flexibility index (Phi) is 6.72. The molecule has 0 bridgehead atoms. The summed E-state index contributed by atoms with van der Waals surface area (Å²) in [6, 6.07) is 17.9. The molecule has 0 saturated carbocycles. The smallest absolute Gasteiger partial charge is 0.411 e. The lowest BCUT2D eigenvalue weighted by atomic mass is 9.80. The molecule has 2 aliphatic heterocycles. The third kappa shape index (κ3) is 5.12. The summed E-state index contributed by atoms with van der Waals surface area (Å²) in [6.45, 7) is 6.84. The standard InChI is InChI=1S/C28H36N2O4/c1-20(21-10-12-22(13-11-21)23-14-16-29(4)25(31)18-23)30-17-15-28(34-26(30)32,19-27(2,3)33)24-8-6-5-7-9-24/h5-13,20,23,33H,14-19H2,1-4H3/t20?,23-,28-/m0/s1. The summed E-state index contributed by atoms with van der Waals surface area (Å²) in [6.07, 6.45) is 2.09. The van der Waals surface area contributed by atoms with Gasteiger partial charge in [-0.25, -0.2) is 4.79 Å². The monoisotopic (exact) mass is 464 g/mol. The molecule has 2 amide bonds. The van der Waals surface area contributed by atoms with Crippen molar-refractivity contribution in [1.29, 1.82) is 0 Å². The average molecular weight is 465 g/mol. The Morgan fingerprint density at radius 3 is 2.35 bits per heavy atom. The molecule has 0 spiro atoms. The molecule has 1 N–H and O–H groups in total. The molecule has 2 heterocycles. The first-order chi connectivity index (χ1) is 16.1. The topological polar surface area (TPSA) is 70.1 Å². The van der Waals surface area contributed by atoms with Gasteiger partial charge in [0.1, 0.15) is 5.60 Å². The first-order valence-corrected chi connectivity index (χ1v) is 12.2. The Bertz CT molecular complexity index is 1010. The van der Waals surface area contributed by atoms with Gasteiger partial charge in [0.2, 0.25) is 5.91 Å². The SMILES string of the molecule is CC(c1ccc([C@H]2CCN(C)C(=O)C2)cc1)N1CC[C@](CC(C)(C)O)(c2ccccc2)OC1=O. The Labute approximate surface area is 202 Å². The maximum Gasteiger partial charge on any atom is 0.411 e. The van der Waals surface area contributed by atoms with E-state index in [4.69, 9.17) is 4.74 Å². The number of hydrogen-bond donors (Lipinski definition) is 1. The van der Waals surface area contributed by atoms with Gasteiger partial charge in [0.15, 0.2) is 0 Å². The zero-order chi connectivity index (χ0) is 24.5. The van der Waals surface area contributed by atoms with E-state index in [2.05, 4.69) is 24.3 Å². The predicted molar refractivity (Wildman–Crippen MR) is 131 cm³/mol. The van der Waals surface area contributed by atoms with E-state index in [-0.39, 0.29) is 24.0 Å². The Balaban J connectivity index is 1.48. The molecule has 2 fully saturated rings. The van der Waals surface area contributed by atoms with Gasteiger partial charge in [-0.2, -0.15) is 0 Å². The summed E-state index contributed by atoms with van der Waals surface area (Å²) in [7, 11) is 1.86. The third-order valence-corrected chi connectivity index (χ3v) is 7.31. The number of piperidine rings is 1. The van der Waals surface area contributed by atoms with Crippen LogP contribution in [-0.4, -0.2) is 52.6 Å². The molecule has 2 aromatic carbocycles.